The van der Waals surface area contributed by atoms with E-state index in [1.54, 1.807) is 29.2 Å². The molecule has 1 aliphatic heterocycles. The molecule has 1 aromatic carbocycles. The Morgan fingerprint density at radius 3 is 2.46 bits per heavy atom. The topological polar surface area (TPSA) is 109 Å². The number of benzene rings is 1. The summed E-state index contributed by atoms with van der Waals surface area (Å²) in [4.78, 5) is 37.2. The molecule has 1 saturated carbocycles. The maximum Gasteiger partial charge on any atom is 0.344 e. The van der Waals surface area contributed by atoms with Gasteiger partial charge in [0.2, 0.25) is 5.91 Å². The van der Waals surface area contributed by atoms with Crippen molar-refractivity contribution in [2.75, 3.05) is 24.7 Å². The van der Waals surface area contributed by atoms with Gasteiger partial charge in [0, 0.05) is 18.7 Å². The van der Waals surface area contributed by atoms with Crippen LogP contribution in [-0.4, -0.2) is 43.1 Å². The molecule has 8 heteroatoms. The highest BCUT2D eigenvalue weighted by Gasteiger charge is 2.35. The number of nitriles is 1. The Labute approximate surface area is 163 Å². The fourth-order valence-electron chi connectivity index (χ4n) is 3.52. The zero-order valence-corrected chi connectivity index (χ0v) is 15.6. The molecule has 2 aliphatic rings. The number of nitrogens with one attached hydrogen (secondary N) is 1. The number of hydrogen-bond donors (Lipinski definition) is 1. The number of esters is 1. The predicted octanol–water partition coefficient (Wildman–Crippen LogP) is 1.69. The summed E-state index contributed by atoms with van der Waals surface area (Å²) in [5, 5.41) is 11.9. The van der Waals surface area contributed by atoms with Crippen molar-refractivity contribution in [3.8, 4) is 11.8 Å². The minimum Gasteiger partial charge on any atom is -0.482 e. The molecular formula is C20H23N3O5. The van der Waals surface area contributed by atoms with E-state index < -0.39 is 24.0 Å². The number of nitrogens with zero attached hydrogens (tertiary/aromatic N) is 2. The Kier molecular flexibility index (Phi) is 6.14. The molecule has 1 aliphatic carbocycles. The first-order valence-corrected chi connectivity index (χ1v) is 9.42. The average molecular weight is 385 g/mol. The Balaban J connectivity index is 1.40. The van der Waals surface area contributed by atoms with E-state index in [9.17, 15) is 19.6 Å². The molecule has 28 heavy (non-hydrogen) atoms. The van der Waals surface area contributed by atoms with Crippen molar-refractivity contribution in [2.24, 2.45) is 0 Å². The van der Waals surface area contributed by atoms with Crippen molar-refractivity contribution in [1.29, 1.82) is 5.26 Å². The Morgan fingerprint density at radius 2 is 1.86 bits per heavy atom. The lowest BCUT2D eigenvalue weighted by molar-refractivity contribution is -0.150. The third-order valence-corrected chi connectivity index (χ3v) is 4.99. The van der Waals surface area contributed by atoms with E-state index in [2.05, 4.69) is 11.4 Å². The molecule has 148 valence electrons. The second-order valence-corrected chi connectivity index (χ2v) is 7.04. The Morgan fingerprint density at radius 1 is 1.14 bits per heavy atom. The number of amides is 2. The Bertz CT molecular complexity index is 778. The molecule has 0 aromatic heterocycles. The molecule has 0 bridgehead atoms. The minimum atomic E-state index is -0.835. The second-order valence-electron chi connectivity index (χ2n) is 7.04. The van der Waals surface area contributed by atoms with E-state index in [1.807, 2.05) is 0 Å². The smallest absolute Gasteiger partial charge is 0.344 e. The first-order chi connectivity index (χ1) is 13.5. The van der Waals surface area contributed by atoms with E-state index in [0.717, 1.165) is 24.9 Å². The lowest BCUT2D eigenvalue weighted by Gasteiger charge is -2.21. The van der Waals surface area contributed by atoms with Gasteiger partial charge < -0.3 is 19.7 Å². The number of rotatable bonds is 7. The normalized spacial score (nSPS) is 17.8. The lowest BCUT2D eigenvalue weighted by Crippen LogP contribution is -2.46. The van der Waals surface area contributed by atoms with Gasteiger partial charge in [-0.1, -0.05) is 0 Å². The second kappa shape index (κ2) is 8.74. The third kappa shape index (κ3) is 4.80. The van der Waals surface area contributed by atoms with Crippen LogP contribution in [0.15, 0.2) is 24.3 Å². The molecule has 0 spiro atoms. The number of carbonyl (C=O) groups excluding carboxylic acids is 3. The Hall–Kier alpha value is -3.08. The highest BCUT2D eigenvalue weighted by Crippen LogP contribution is 2.28. The fraction of sp³-hybridized carbons (Fsp3) is 0.500. The zero-order chi connectivity index (χ0) is 20.0. The monoisotopic (exact) mass is 385 g/mol. The number of ether oxygens (including phenoxy) is 2. The summed E-state index contributed by atoms with van der Waals surface area (Å²) < 4.78 is 10.3. The number of hydrogen-bond acceptors (Lipinski definition) is 6. The van der Waals surface area contributed by atoms with Crippen LogP contribution in [0, 0.1) is 11.3 Å². The summed E-state index contributed by atoms with van der Waals surface area (Å²) in [7, 11) is 0. The van der Waals surface area contributed by atoms with Crippen molar-refractivity contribution in [1.82, 2.24) is 5.32 Å². The summed E-state index contributed by atoms with van der Waals surface area (Å²) in [5.41, 5.74) is -0.0363. The minimum absolute atomic E-state index is 0.103. The van der Waals surface area contributed by atoms with E-state index >= 15 is 0 Å². The third-order valence-electron chi connectivity index (χ3n) is 4.99. The summed E-state index contributed by atoms with van der Waals surface area (Å²) in [6.07, 6.45) is 4.44. The molecule has 2 fully saturated rings. The largest absolute Gasteiger partial charge is 0.482 e. The van der Waals surface area contributed by atoms with Crippen LogP contribution >= 0.6 is 0 Å². The molecule has 8 nitrogen and oxygen atoms in total. The summed E-state index contributed by atoms with van der Waals surface area (Å²) in [5.74, 6) is -0.597. The van der Waals surface area contributed by atoms with Gasteiger partial charge in [0.15, 0.2) is 13.2 Å². The van der Waals surface area contributed by atoms with Crippen LogP contribution in [0.5, 0.6) is 5.75 Å². The maximum atomic E-state index is 11.9. The standard InChI is InChI=1S/C20H23N3O5/c21-14-20(9-1-2-10-20)22-17(24)12-28-19(26)13-27-16-7-5-15(6-8-16)23-11-3-4-18(23)25/h5-8H,1-4,9-13H2,(H,22,24). The highest BCUT2D eigenvalue weighted by atomic mass is 16.6. The van der Waals surface area contributed by atoms with Gasteiger partial charge in [-0.3, -0.25) is 9.59 Å². The van der Waals surface area contributed by atoms with Crippen LogP contribution in [0.3, 0.4) is 0 Å². The lowest BCUT2D eigenvalue weighted by atomic mass is 10.00. The first-order valence-electron chi connectivity index (χ1n) is 9.42. The average Bonchev–Trinajstić information content (AvgIpc) is 3.34. The molecule has 1 heterocycles. The molecular weight excluding hydrogens is 362 g/mol. The van der Waals surface area contributed by atoms with Crippen molar-refractivity contribution < 1.29 is 23.9 Å². The van der Waals surface area contributed by atoms with Gasteiger partial charge in [0.25, 0.3) is 5.91 Å². The maximum absolute atomic E-state index is 11.9. The summed E-state index contributed by atoms with van der Waals surface area (Å²) >= 11 is 0. The van der Waals surface area contributed by atoms with Gasteiger partial charge in [-0.15, -0.1) is 0 Å². The van der Waals surface area contributed by atoms with Crippen LogP contribution in [0.25, 0.3) is 0 Å². The molecule has 1 N–H and O–H groups in total. The summed E-state index contributed by atoms with van der Waals surface area (Å²) in [6, 6.07) is 9.03. The van der Waals surface area contributed by atoms with E-state index in [1.165, 1.54) is 0 Å². The molecule has 3 rings (SSSR count). The number of anilines is 1. The van der Waals surface area contributed by atoms with Crippen LogP contribution in [0.1, 0.15) is 38.5 Å². The molecule has 0 radical (unpaired) electrons. The van der Waals surface area contributed by atoms with Crippen LogP contribution < -0.4 is 15.0 Å². The van der Waals surface area contributed by atoms with Crippen molar-refractivity contribution in [2.45, 2.75) is 44.1 Å². The van der Waals surface area contributed by atoms with E-state index in [-0.39, 0.29) is 12.5 Å². The zero-order valence-electron chi connectivity index (χ0n) is 15.6. The van der Waals surface area contributed by atoms with Crippen LogP contribution in [0.2, 0.25) is 0 Å². The fourth-order valence-corrected chi connectivity index (χ4v) is 3.52. The molecule has 1 aromatic rings. The van der Waals surface area contributed by atoms with Crippen molar-refractivity contribution in [3.05, 3.63) is 24.3 Å². The SMILES string of the molecule is N#CC1(NC(=O)COC(=O)COc2ccc(N3CCCC3=O)cc2)CCCC1. The summed E-state index contributed by atoms with van der Waals surface area (Å²) in [6.45, 7) is -0.0686. The van der Waals surface area contributed by atoms with Gasteiger partial charge in [-0.2, -0.15) is 5.26 Å². The van der Waals surface area contributed by atoms with Crippen LogP contribution in [0.4, 0.5) is 5.69 Å². The van der Waals surface area contributed by atoms with Crippen molar-refractivity contribution >= 4 is 23.5 Å². The van der Waals surface area contributed by atoms with Crippen molar-refractivity contribution in [3.63, 3.8) is 0 Å². The van der Waals surface area contributed by atoms with E-state index in [4.69, 9.17) is 9.47 Å². The van der Waals surface area contributed by atoms with Crippen LogP contribution in [-0.2, 0) is 19.1 Å². The van der Waals surface area contributed by atoms with Gasteiger partial charge in [0.05, 0.1) is 6.07 Å². The predicted molar refractivity (Wildman–Crippen MR) is 99.4 cm³/mol. The van der Waals surface area contributed by atoms with Gasteiger partial charge >= 0.3 is 5.97 Å². The number of carbonyl (C=O) groups is 3. The molecule has 0 atom stereocenters. The van der Waals surface area contributed by atoms with E-state index in [0.29, 0.717) is 31.6 Å². The van der Waals surface area contributed by atoms with Gasteiger partial charge in [-0.05, 0) is 56.4 Å². The molecule has 1 saturated heterocycles. The molecule has 2 amide bonds. The quantitative estimate of drug-likeness (QED) is 0.716. The molecule has 0 unspecified atom stereocenters. The highest BCUT2D eigenvalue weighted by molar-refractivity contribution is 5.95. The first kappa shape index (κ1) is 19.7. The van der Waals surface area contributed by atoms with Gasteiger partial charge in [-0.25, -0.2) is 4.79 Å². The van der Waals surface area contributed by atoms with Gasteiger partial charge in [0.1, 0.15) is 11.3 Å².